The Morgan fingerprint density at radius 1 is 1.29 bits per heavy atom. The molecule has 0 saturated heterocycles. The second-order valence-corrected chi connectivity index (χ2v) is 6.09. The van der Waals surface area contributed by atoms with Gasteiger partial charge in [0.2, 0.25) is 5.82 Å². The molecule has 0 radical (unpaired) electrons. The van der Waals surface area contributed by atoms with Gasteiger partial charge in [0.15, 0.2) is 0 Å². The number of hydrogen-bond acceptors (Lipinski definition) is 3. The molecule has 5 heteroatoms. The third-order valence-electron chi connectivity index (χ3n) is 3.35. The molecule has 1 amide bonds. The van der Waals surface area contributed by atoms with Crippen LogP contribution in [0.3, 0.4) is 0 Å². The second kappa shape index (κ2) is 5.68. The lowest BCUT2D eigenvalue weighted by atomic mass is 9.96. The number of anilines is 1. The highest BCUT2D eigenvalue weighted by Gasteiger charge is 2.25. The van der Waals surface area contributed by atoms with Gasteiger partial charge < -0.3 is 4.90 Å². The minimum Gasteiger partial charge on any atom is -0.306 e. The van der Waals surface area contributed by atoms with Crippen LogP contribution in [0.15, 0.2) is 24.3 Å². The van der Waals surface area contributed by atoms with Crippen molar-refractivity contribution in [2.75, 3.05) is 11.4 Å². The Balaban J connectivity index is 2.33. The number of benzene rings is 1. The molecule has 1 aromatic carbocycles. The van der Waals surface area contributed by atoms with Crippen LogP contribution in [0.5, 0.6) is 0 Å². The molecule has 0 bridgehead atoms. The molecule has 0 aliphatic heterocycles. The number of rotatable bonds is 3. The van der Waals surface area contributed by atoms with Crippen LogP contribution in [-0.4, -0.2) is 27.6 Å². The monoisotopic (exact) mass is 286 g/mol. The van der Waals surface area contributed by atoms with Crippen molar-refractivity contribution in [2.24, 2.45) is 0 Å². The van der Waals surface area contributed by atoms with E-state index in [0.29, 0.717) is 12.4 Å². The van der Waals surface area contributed by atoms with E-state index in [1.807, 2.05) is 58.9 Å². The van der Waals surface area contributed by atoms with Crippen molar-refractivity contribution < 1.29 is 4.79 Å². The Bertz CT molecular complexity index is 640. The molecule has 1 heterocycles. The Hall–Kier alpha value is -2.17. The van der Waals surface area contributed by atoms with Gasteiger partial charge in [-0.25, -0.2) is 4.98 Å². The van der Waals surface area contributed by atoms with Crippen LogP contribution in [0.25, 0.3) is 0 Å². The van der Waals surface area contributed by atoms with E-state index in [1.54, 1.807) is 4.90 Å². The fraction of sp³-hybridized carbons (Fsp3) is 0.438. The Morgan fingerprint density at radius 2 is 1.95 bits per heavy atom. The van der Waals surface area contributed by atoms with Gasteiger partial charge >= 0.3 is 0 Å². The Labute approximate surface area is 125 Å². The number of aromatic nitrogens is 3. The van der Waals surface area contributed by atoms with E-state index in [-0.39, 0.29) is 17.1 Å². The highest BCUT2D eigenvalue weighted by Crippen LogP contribution is 2.22. The third kappa shape index (κ3) is 3.12. The summed E-state index contributed by atoms with van der Waals surface area (Å²) in [6.45, 7) is 10.6. The van der Waals surface area contributed by atoms with Crippen LogP contribution in [-0.2, 0) is 5.41 Å². The number of aromatic amines is 1. The highest BCUT2D eigenvalue weighted by atomic mass is 16.2. The maximum absolute atomic E-state index is 12.6. The van der Waals surface area contributed by atoms with E-state index in [4.69, 9.17) is 0 Å². The van der Waals surface area contributed by atoms with Crippen molar-refractivity contribution in [2.45, 2.75) is 40.0 Å². The average molecular weight is 286 g/mol. The van der Waals surface area contributed by atoms with Crippen LogP contribution < -0.4 is 4.90 Å². The van der Waals surface area contributed by atoms with Gasteiger partial charge in [-0.05, 0) is 25.5 Å². The van der Waals surface area contributed by atoms with Crippen LogP contribution in [0.1, 0.15) is 49.7 Å². The maximum atomic E-state index is 12.6. The van der Waals surface area contributed by atoms with Crippen molar-refractivity contribution in [1.29, 1.82) is 0 Å². The van der Waals surface area contributed by atoms with E-state index < -0.39 is 0 Å². The van der Waals surface area contributed by atoms with Crippen LogP contribution >= 0.6 is 0 Å². The van der Waals surface area contributed by atoms with Crippen molar-refractivity contribution >= 4 is 11.6 Å². The molecule has 2 aromatic rings. The molecule has 0 atom stereocenters. The SMILES string of the molecule is CCN(C(=O)c1n[nH]c(C(C)(C)C)n1)c1ccccc1C. The Kier molecular flexibility index (Phi) is 4.11. The molecule has 1 N–H and O–H groups in total. The molecule has 0 unspecified atom stereocenters. The lowest BCUT2D eigenvalue weighted by molar-refractivity contribution is 0.0978. The molecule has 1 aromatic heterocycles. The molecule has 0 aliphatic carbocycles. The molecule has 0 fully saturated rings. The predicted octanol–water partition coefficient (Wildman–Crippen LogP) is 3.08. The van der Waals surface area contributed by atoms with Gasteiger partial charge in [0.1, 0.15) is 5.82 Å². The lowest BCUT2D eigenvalue weighted by Gasteiger charge is -2.21. The number of nitrogens with one attached hydrogen (secondary N) is 1. The van der Waals surface area contributed by atoms with Crippen molar-refractivity contribution in [1.82, 2.24) is 15.2 Å². The summed E-state index contributed by atoms with van der Waals surface area (Å²) in [5.41, 5.74) is 1.79. The molecule has 0 aliphatic rings. The fourth-order valence-corrected chi connectivity index (χ4v) is 2.10. The van der Waals surface area contributed by atoms with Gasteiger partial charge in [0, 0.05) is 17.6 Å². The molecule has 112 valence electrons. The zero-order chi connectivity index (χ0) is 15.6. The normalized spacial score (nSPS) is 11.5. The minimum atomic E-state index is -0.182. The smallest absolute Gasteiger partial charge is 0.297 e. The van der Waals surface area contributed by atoms with E-state index in [1.165, 1.54) is 0 Å². The molecular formula is C16H22N4O. The zero-order valence-corrected chi connectivity index (χ0v) is 13.3. The lowest BCUT2D eigenvalue weighted by Crippen LogP contribution is -2.32. The summed E-state index contributed by atoms with van der Waals surface area (Å²) in [6, 6.07) is 7.82. The summed E-state index contributed by atoms with van der Waals surface area (Å²) in [5, 5.41) is 6.94. The summed E-state index contributed by atoms with van der Waals surface area (Å²) in [5.74, 6) is 0.746. The van der Waals surface area contributed by atoms with E-state index in [2.05, 4.69) is 15.2 Å². The van der Waals surface area contributed by atoms with Gasteiger partial charge in [0.05, 0.1) is 0 Å². The number of aryl methyl sites for hydroxylation is 1. The number of para-hydroxylation sites is 1. The van der Waals surface area contributed by atoms with E-state index in [9.17, 15) is 4.79 Å². The van der Waals surface area contributed by atoms with Crippen LogP contribution in [0.2, 0.25) is 0 Å². The number of H-pyrrole nitrogens is 1. The Morgan fingerprint density at radius 3 is 2.48 bits per heavy atom. The van der Waals surface area contributed by atoms with Crippen molar-refractivity contribution in [3.8, 4) is 0 Å². The molecule has 2 rings (SSSR count). The summed E-state index contributed by atoms with van der Waals surface area (Å²) in [4.78, 5) is 18.7. The van der Waals surface area contributed by atoms with Crippen LogP contribution in [0, 0.1) is 6.92 Å². The first-order valence-electron chi connectivity index (χ1n) is 7.15. The summed E-state index contributed by atoms with van der Waals surface area (Å²) >= 11 is 0. The number of amides is 1. The second-order valence-electron chi connectivity index (χ2n) is 6.09. The minimum absolute atomic E-state index is 0.161. The summed E-state index contributed by atoms with van der Waals surface area (Å²) in [6.07, 6.45) is 0. The molecule has 5 nitrogen and oxygen atoms in total. The summed E-state index contributed by atoms with van der Waals surface area (Å²) in [7, 11) is 0. The quantitative estimate of drug-likeness (QED) is 0.943. The first kappa shape index (κ1) is 15.2. The highest BCUT2D eigenvalue weighted by molar-refractivity contribution is 6.03. The largest absolute Gasteiger partial charge is 0.306 e. The maximum Gasteiger partial charge on any atom is 0.297 e. The van der Waals surface area contributed by atoms with E-state index in [0.717, 1.165) is 11.3 Å². The first-order valence-corrected chi connectivity index (χ1v) is 7.15. The van der Waals surface area contributed by atoms with Crippen molar-refractivity contribution in [3.05, 3.63) is 41.5 Å². The van der Waals surface area contributed by atoms with Crippen LogP contribution in [0.4, 0.5) is 5.69 Å². The van der Waals surface area contributed by atoms with Gasteiger partial charge in [-0.3, -0.25) is 9.89 Å². The molecule has 0 spiro atoms. The fourth-order valence-electron chi connectivity index (χ4n) is 2.10. The van der Waals surface area contributed by atoms with Gasteiger partial charge in [-0.1, -0.05) is 39.0 Å². The number of carbonyl (C=O) groups is 1. The van der Waals surface area contributed by atoms with Crippen molar-refractivity contribution in [3.63, 3.8) is 0 Å². The summed E-state index contributed by atoms with van der Waals surface area (Å²) < 4.78 is 0. The van der Waals surface area contributed by atoms with Gasteiger partial charge in [0.25, 0.3) is 5.91 Å². The van der Waals surface area contributed by atoms with E-state index >= 15 is 0 Å². The first-order chi connectivity index (χ1) is 9.84. The molecular weight excluding hydrogens is 264 g/mol. The predicted molar refractivity (Wildman–Crippen MR) is 83.6 cm³/mol. The molecule has 21 heavy (non-hydrogen) atoms. The third-order valence-corrected chi connectivity index (χ3v) is 3.35. The average Bonchev–Trinajstić information content (AvgIpc) is 2.91. The standard InChI is InChI=1S/C16H22N4O/c1-6-20(12-10-8-7-9-11(12)2)14(21)13-17-15(19-18-13)16(3,4)5/h7-10H,6H2,1-5H3,(H,17,18,19). The topological polar surface area (TPSA) is 61.9 Å². The number of nitrogens with zero attached hydrogens (tertiary/aromatic N) is 3. The van der Waals surface area contributed by atoms with Gasteiger partial charge in [-0.2, -0.15) is 0 Å². The van der Waals surface area contributed by atoms with Gasteiger partial charge in [-0.15, -0.1) is 5.10 Å². The number of carbonyl (C=O) groups excluding carboxylic acids is 1. The zero-order valence-electron chi connectivity index (χ0n) is 13.3. The number of hydrogen-bond donors (Lipinski definition) is 1. The molecule has 0 saturated carbocycles.